The first-order valence-corrected chi connectivity index (χ1v) is 7.57. The van der Waals surface area contributed by atoms with Crippen molar-refractivity contribution >= 4 is 12.6 Å². The van der Waals surface area contributed by atoms with Crippen molar-refractivity contribution < 1.29 is 19.5 Å². The van der Waals surface area contributed by atoms with Gasteiger partial charge in [-0.3, -0.25) is 4.90 Å². The van der Waals surface area contributed by atoms with Gasteiger partial charge in [-0.15, -0.1) is 0 Å². The lowest BCUT2D eigenvalue weighted by Gasteiger charge is -2.38. The SMILES string of the molecule is COc1ccc(B(O)O)cc1CN1CCOC2CCCC21. The van der Waals surface area contributed by atoms with Crippen LogP contribution in [0.25, 0.3) is 0 Å². The molecule has 114 valence electrons. The number of hydrogen-bond donors (Lipinski definition) is 2. The smallest absolute Gasteiger partial charge is 0.488 e. The Balaban J connectivity index is 1.81. The van der Waals surface area contributed by atoms with Gasteiger partial charge in [-0.1, -0.05) is 12.1 Å². The lowest BCUT2D eigenvalue weighted by molar-refractivity contribution is -0.0589. The molecule has 2 fully saturated rings. The molecule has 2 aliphatic rings. The number of morpholine rings is 1. The third-order valence-electron chi connectivity index (χ3n) is 4.57. The van der Waals surface area contributed by atoms with E-state index < -0.39 is 7.12 Å². The third-order valence-corrected chi connectivity index (χ3v) is 4.57. The van der Waals surface area contributed by atoms with E-state index in [1.54, 1.807) is 19.2 Å². The van der Waals surface area contributed by atoms with Gasteiger partial charge in [0.25, 0.3) is 0 Å². The van der Waals surface area contributed by atoms with Gasteiger partial charge in [0.2, 0.25) is 0 Å². The Bertz CT molecular complexity index is 497. The van der Waals surface area contributed by atoms with E-state index in [9.17, 15) is 10.0 Å². The highest BCUT2D eigenvalue weighted by atomic mass is 16.5. The molecule has 0 bridgehead atoms. The number of rotatable bonds is 4. The molecule has 2 atom stereocenters. The first kappa shape index (κ1) is 14.8. The summed E-state index contributed by atoms with van der Waals surface area (Å²) in [5, 5.41) is 18.7. The van der Waals surface area contributed by atoms with Crippen LogP contribution in [0.15, 0.2) is 18.2 Å². The van der Waals surface area contributed by atoms with Gasteiger partial charge in [0.1, 0.15) is 5.75 Å². The summed E-state index contributed by atoms with van der Waals surface area (Å²) < 4.78 is 11.2. The molecular weight excluding hydrogens is 269 g/mol. The summed E-state index contributed by atoms with van der Waals surface area (Å²) in [6, 6.07) is 5.79. The Labute approximate surface area is 125 Å². The normalized spacial score (nSPS) is 25.7. The first-order chi connectivity index (χ1) is 10.2. The average Bonchev–Trinajstić information content (AvgIpc) is 2.96. The lowest BCUT2D eigenvalue weighted by atomic mass is 9.79. The second-order valence-corrected chi connectivity index (χ2v) is 5.82. The summed E-state index contributed by atoms with van der Waals surface area (Å²) in [6.45, 7) is 2.44. The third kappa shape index (κ3) is 3.08. The van der Waals surface area contributed by atoms with Crippen molar-refractivity contribution in [2.45, 2.75) is 38.0 Å². The topological polar surface area (TPSA) is 62.2 Å². The highest BCUT2D eigenvalue weighted by Gasteiger charge is 2.36. The van der Waals surface area contributed by atoms with Crippen LogP contribution in [-0.2, 0) is 11.3 Å². The molecule has 1 saturated carbocycles. The molecule has 0 aromatic heterocycles. The van der Waals surface area contributed by atoms with Crippen LogP contribution >= 0.6 is 0 Å². The van der Waals surface area contributed by atoms with E-state index in [0.717, 1.165) is 37.4 Å². The number of benzene rings is 1. The summed E-state index contributed by atoms with van der Waals surface area (Å²) in [6.07, 6.45) is 3.90. The van der Waals surface area contributed by atoms with Crippen LogP contribution in [0.3, 0.4) is 0 Å². The van der Waals surface area contributed by atoms with Crippen LogP contribution in [-0.4, -0.2) is 54.5 Å². The van der Waals surface area contributed by atoms with Gasteiger partial charge in [-0.2, -0.15) is 0 Å². The van der Waals surface area contributed by atoms with Crippen molar-refractivity contribution in [2.75, 3.05) is 20.3 Å². The highest BCUT2D eigenvalue weighted by Crippen LogP contribution is 2.31. The molecule has 1 aromatic carbocycles. The average molecular weight is 291 g/mol. The summed E-state index contributed by atoms with van der Waals surface area (Å²) >= 11 is 0. The van der Waals surface area contributed by atoms with Gasteiger partial charge in [-0.25, -0.2) is 0 Å². The minimum absolute atomic E-state index is 0.358. The maximum atomic E-state index is 9.35. The second kappa shape index (κ2) is 6.36. The molecule has 5 nitrogen and oxygen atoms in total. The maximum Gasteiger partial charge on any atom is 0.488 e. The Morgan fingerprint density at radius 1 is 1.38 bits per heavy atom. The standard InChI is InChI=1S/C15H22BNO4/c1-20-14-6-5-12(16(18)19)9-11(14)10-17-7-8-21-15-4-2-3-13(15)17/h5-6,9,13,15,18-19H,2-4,7-8,10H2,1H3. The fraction of sp³-hybridized carbons (Fsp3) is 0.600. The molecule has 2 unspecified atom stereocenters. The summed E-state index contributed by atoms with van der Waals surface area (Å²) in [5.74, 6) is 0.792. The van der Waals surface area contributed by atoms with Crippen molar-refractivity contribution in [3.63, 3.8) is 0 Å². The Hall–Kier alpha value is -1.08. The van der Waals surface area contributed by atoms with Crippen molar-refractivity contribution in [1.29, 1.82) is 0 Å². The van der Waals surface area contributed by atoms with E-state index in [1.807, 2.05) is 6.07 Å². The van der Waals surface area contributed by atoms with Gasteiger partial charge in [0.05, 0.1) is 19.8 Å². The Kier molecular flexibility index (Phi) is 4.49. The number of fused-ring (bicyclic) bond motifs is 1. The van der Waals surface area contributed by atoms with Crippen LogP contribution in [0.1, 0.15) is 24.8 Å². The van der Waals surface area contributed by atoms with Crippen LogP contribution < -0.4 is 10.2 Å². The van der Waals surface area contributed by atoms with Crippen LogP contribution in [0.2, 0.25) is 0 Å². The van der Waals surface area contributed by atoms with Crippen LogP contribution in [0.5, 0.6) is 5.75 Å². The number of methoxy groups -OCH3 is 1. The Morgan fingerprint density at radius 2 is 2.24 bits per heavy atom. The van der Waals surface area contributed by atoms with E-state index in [-0.39, 0.29) is 0 Å². The molecule has 0 amide bonds. The van der Waals surface area contributed by atoms with Gasteiger partial charge in [-0.05, 0) is 30.8 Å². The summed E-state index contributed by atoms with van der Waals surface area (Å²) in [5.41, 5.74) is 1.50. The first-order valence-electron chi connectivity index (χ1n) is 7.57. The van der Waals surface area contributed by atoms with E-state index in [1.165, 1.54) is 12.8 Å². The van der Waals surface area contributed by atoms with E-state index in [0.29, 0.717) is 17.6 Å². The predicted octanol–water partition coefficient (Wildman–Crippen LogP) is 0.128. The van der Waals surface area contributed by atoms with E-state index in [2.05, 4.69) is 4.90 Å². The van der Waals surface area contributed by atoms with E-state index >= 15 is 0 Å². The Morgan fingerprint density at radius 3 is 3.00 bits per heavy atom. The fourth-order valence-electron chi connectivity index (χ4n) is 3.50. The summed E-state index contributed by atoms with van der Waals surface area (Å²) in [4.78, 5) is 2.44. The van der Waals surface area contributed by atoms with Crippen LogP contribution in [0, 0.1) is 0 Å². The molecule has 1 aromatic rings. The predicted molar refractivity (Wildman–Crippen MR) is 80.6 cm³/mol. The zero-order valence-electron chi connectivity index (χ0n) is 12.4. The molecule has 3 rings (SSSR count). The lowest BCUT2D eigenvalue weighted by Crippen LogP contribution is -2.48. The highest BCUT2D eigenvalue weighted by molar-refractivity contribution is 6.58. The molecule has 1 aliphatic heterocycles. The van der Waals surface area contributed by atoms with Crippen molar-refractivity contribution in [2.24, 2.45) is 0 Å². The molecule has 1 heterocycles. The molecule has 0 radical (unpaired) electrons. The number of nitrogens with zero attached hydrogens (tertiary/aromatic N) is 1. The van der Waals surface area contributed by atoms with Crippen molar-refractivity contribution in [3.8, 4) is 5.75 Å². The second-order valence-electron chi connectivity index (χ2n) is 5.82. The number of hydrogen-bond acceptors (Lipinski definition) is 5. The quantitative estimate of drug-likeness (QED) is 0.772. The molecule has 2 N–H and O–H groups in total. The molecule has 6 heteroatoms. The zero-order chi connectivity index (χ0) is 14.8. The van der Waals surface area contributed by atoms with E-state index in [4.69, 9.17) is 9.47 Å². The minimum Gasteiger partial charge on any atom is -0.496 e. The maximum absolute atomic E-state index is 9.35. The van der Waals surface area contributed by atoms with Crippen LogP contribution in [0.4, 0.5) is 0 Å². The van der Waals surface area contributed by atoms with Gasteiger partial charge in [0, 0.05) is 24.7 Å². The zero-order valence-corrected chi connectivity index (χ0v) is 12.4. The van der Waals surface area contributed by atoms with Gasteiger partial charge < -0.3 is 19.5 Å². The molecule has 21 heavy (non-hydrogen) atoms. The summed E-state index contributed by atoms with van der Waals surface area (Å²) in [7, 11) is 0.199. The monoisotopic (exact) mass is 291 g/mol. The molecule has 0 spiro atoms. The van der Waals surface area contributed by atoms with Crippen molar-refractivity contribution in [3.05, 3.63) is 23.8 Å². The molecular formula is C15H22BNO4. The largest absolute Gasteiger partial charge is 0.496 e. The number of ether oxygens (including phenoxy) is 2. The van der Waals surface area contributed by atoms with Crippen molar-refractivity contribution in [1.82, 2.24) is 4.90 Å². The minimum atomic E-state index is -1.45. The fourth-order valence-corrected chi connectivity index (χ4v) is 3.50. The molecule has 1 aliphatic carbocycles. The van der Waals surface area contributed by atoms with Gasteiger partial charge in [0.15, 0.2) is 0 Å². The van der Waals surface area contributed by atoms with Gasteiger partial charge >= 0.3 is 7.12 Å². The molecule has 1 saturated heterocycles.